The fourth-order valence-electron chi connectivity index (χ4n) is 11.0. The van der Waals surface area contributed by atoms with E-state index < -0.39 is 70.8 Å². The van der Waals surface area contributed by atoms with Crippen molar-refractivity contribution in [1.29, 1.82) is 0 Å². The molecule has 2 aromatic heterocycles. The summed E-state index contributed by atoms with van der Waals surface area (Å²) in [5, 5.41) is 8.79. The standard InChI is InChI=1S/C53H67F5N8O10/c1-30-43(37-17-18-39(54)44(55)46(37)73-4)47(76-52(30,2)53(56,57)58)51(72)66(34-19-21-61-40(27-34)48(59)69)24-22-62-49(70)31-9-11-33(12-10-31)64-41(67)8-6-25-74-35-13-15-36(16-14-35)75-26-23-63-50(71)38-28-42(68)65(3)45(38)32-7-5-20-60-29-32/h5,7,17-21,27,29-31,33,35-36,38,43,45,47H,6,8-16,22-26,28H2,1-4H3,(H2,59,69)(H,62,70)(H,63,71)(H,64,67)/t30-,31?,33?,35?,36?,38-,43-,45+,47+,52+/m0/s1. The molecule has 0 unspecified atom stereocenters. The number of methoxy groups -OCH3 is 1. The number of likely N-dealkylation sites (tertiary alicyclic amines) is 1. The van der Waals surface area contributed by atoms with Gasteiger partial charge >= 0.3 is 6.18 Å². The molecule has 7 rings (SSSR count). The van der Waals surface area contributed by atoms with E-state index in [1.165, 1.54) is 25.3 Å². The number of benzene rings is 1. The predicted molar refractivity (Wildman–Crippen MR) is 264 cm³/mol. The van der Waals surface area contributed by atoms with Gasteiger partial charge in [0.05, 0.1) is 37.9 Å². The fourth-order valence-corrected chi connectivity index (χ4v) is 11.0. The normalized spacial score (nSPS) is 26.7. The van der Waals surface area contributed by atoms with Crippen LogP contribution in [0.4, 0.5) is 27.6 Å². The molecule has 0 bridgehead atoms. The summed E-state index contributed by atoms with van der Waals surface area (Å²) in [6.45, 7) is 2.54. The zero-order chi connectivity index (χ0) is 54.9. The maximum Gasteiger partial charge on any atom is 0.417 e. The third kappa shape index (κ3) is 13.2. The molecule has 6 amide bonds. The molecule has 6 atom stereocenters. The Morgan fingerprint density at radius 2 is 1.61 bits per heavy atom. The molecular weight excluding hydrogens is 1000 g/mol. The van der Waals surface area contributed by atoms with E-state index in [0.717, 1.165) is 62.3 Å². The van der Waals surface area contributed by atoms with Crippen molar-refractivity contribution in [2.75, 3.05) is 51.9 Å². The molecule has 18 nitrogen and oxygen atoms in total. The number of hydrogen-bond donors (Lipinski definition) is 4. The van der Waals surface area contributed by atoms with Crippen LogP contribution >= 0.6 is 0 Å². The summed E-state index contributed by atoms with van der Waals surface area (Å²) in [7, 11) is 2.72. The number of nitrogens with zero attached hydrogens (tertiary/aromatic N) is 4. The number of anilines is 1. The van der Waals surface area contributed by atoms with Crippen LogP contribution in [0.25, 0.3) is 0 Å². The van der Waals surface area contributed by atoms with E-state index in [1.54, 1.807) is 30.4 Å². The predicted octanol–water partition coefficient (Wildman–Crippen LogP) is 5.59. The molecule has 414 valence electrons. The number of hydrogen-bond acceptors (Lipinski definition) is 12. The summed E-state index contributed by atoms with van der Waals surface area (Å²) in [5.74, 6) is -10.2. The summed E-state index contributed by atoms with van der Waals surface area (Å²) in [4.78, 5) is 89.3. The second-order valence-corrected chi connectivity index (χ2v) is 20.2. The van der Waals surface area contributed by atoms with Crippen molar-refractivity contribution >= 4 is 41.1 Å². The first kappa shape index (κ1) is 57.4. The van der Waals surface area contributed by atoms with Gasteiger partial charge in [0.25, 0.3) is 11.8 Å². The maximum absolute atomic E-state index is 15.1. The number of alkyl halides is 3. The highest BCUT2D eigenvalue weighted by atomic mass is 19.4. The van der Waals surface area contributed by atoms with Crippen molar-refractivity contribution in [1.82, 2.24) is 30.8 Å². The molecule has 5 N–H and O–H groups in total. The Hall–Kier alpha value is -6.33. The van der Waals surface area contributed by atoms with Crippen LogP contribution < -0.4 is 31.3 Å². The topological polar surface area (TPSA) is 234 Å². The quantitative estimate of drug-likeness (QED) is 0.0756. The third-order valence-electron chi connectivity index (χ3n) is 15.5. The van der Waals surface area contributed by atoms with Crippen LogP contribution in [0.5, 0.6) is 5.75 Å². The summed E-state index contributed by atoms with van der Waals surface area (Å²) < 4.78 is 96.5. The van der Waals surface area contributed by atoms with Crippen molar-refractivity contribution < 1.29 is 69.7 Å². The molecule has 2 saturated carbocycles. The lowest BCUT2D eigenvalue weighted by molar-refractivity contribution is -0.272. The van der Waals surface area contributed by atoms with Gasteiger partial charge in [-0.1, -0.05) is 19.1 Å². The highest BCUT2D eigenvalue weighted by Crippen LogP contribution is 2.55. The van der Waals surface area contributed by atoms with E-state index in [2.05, 4.69) is 25.9 Å². The fraction of sp³-hybridized carbons (Fsp3) is 0.585. The summed E-state index contributed by atoms with van der Waals surface area (Å²) >= 11 is 0. The number of aromatic nitrogens is 2. The van der Waals surface area contributed by atoms with E-state index in [0.29, 0.717) is 51.9 Å². The minimum absolute atomic E-state index is 0.00499. The van der Waals surface area contributed by atoms with Crippen molar-refractivity contribution in [3.05, 3.63) is 83.4 Å². The molecule has 4 fully saturated rings. The second kappa shape index (κ2) is 25.2. The van der Waals surface area contributed by atoms with Gasteiger partial charge in [-0.05, 0) is 94.5 Å². The number of nitrogens with one attached hydrogen (secondary N) is 3. The Morgan fingerprint density at radius 1 is 0.921 bits per heavy atom. The molecule has 1 aromatic carbocycles. The van der Waals surface area contributed by atoms with Crippen molar-refractivity contribution in [3.8, 4) is 5.75 Å². The SMILES string of the molecule is COc1c([C@H]2[C@H](C(=O)N(CCNC(=O)C3CCC(NC(=O)CCCOC4CCC(OCCNC(=O)[C@H]5CC(=O)N(C)[C@@H]5c5cccnc5)CC4)CC3)c3ccnc(C(N)=O)c3)O[C@@](C)(C(F)(F)F)[C@H]2C)ccc(F)c1F. The smallest absolute Gasteiger partial charge is 0.417 e. The molecule has 2 aliphatic carbocycles. The first-order valence-electron chi connectivity index (χ1n) is 25.8. The van der Waals surface area contributed by atoms with Crippen LogP contribution in [0.1, 0.15) is 118 Å². The molecule has 2 saturated heterocycles. The van der Waals surface area contributed by atoms with Gasteiger partial charge in [0.2, 0.25) is 29.4 Å². The Kier molecular flexibility index (Phi) is 19.0. The Balaban J connectivity index is 0.822. The highest BCUT2D eigenvalue weighted by molar-refractivity contribution is 5.99. The van der Waals surface area contributed by atoms with E-state index in [4.69, 9.17) is 24.7 Å². The largest absolute Gasteiger partial charge is 0.493 e. The molecular formula is C53H67F5N8O10. The van der Waals surface area contributed by atoms with Crippen molar-refractivity contribution in [2.45, 2.75) is 133 Å². The van der Waals surface area contributed by atoms with Crippen LogP contribution in [-0.4, -0.2) is 133 Å². The number of pyridine rings is 2. The number of ether oxygens (including phenoxy) is 4. The lowest BCUT2D eigenvalue weighted by Gasteiger charge is -2.32. The van der Waals surface area contributed by atoms with Gasteiger partial charge in [-0.3, -0.25) is 38.7 Å². The lowest BCUT2D eigenvalue weighted by atomic mass is 9.76. The third-order valence-corrected chi connectivity index (χ3v) is 15.5. The van der Waals surface area contributed by atoms with Crippen LogP contribution in [0, 0.1) is 29.4 Å². The van der Waals surface area contributed by atoms with Crippen molar-refractivity contribution in [2.24, 2.45) is 23.5 Å². The summed E-state index contributed by atoms with van der Waals surface area (Å²) in [6.07, 6.45) is 3.75. The molecule has 4 aliphatic rings. The zero-order valence-electron chi connectivity index (χ0n) is 43.0. The average molecular weight is 1070 g/mol. The minimum Gasteiger partial charge on any atom is -0.493 e. The Morgan fingerprint density at radius 3 is 2.25 bits per heavy atom. The van der Waals surface area contributed by atoms with Gasteiger partial charge in [0, 0.05) is 99.8 Å². The van der Waals surface area contributed by atoms with Crippen LogP contribution in [0.3, 0.4) is 0 Å². The monoisotopic (exact) mass is 1070 g/mol. The number of nitrogens with two attached hydrogens (primary N) is 1. The van der Waals surface area contributed by atoms with Gasteiger partial charge in [0.15, 0.2) is 17.2 Å². The van der Waals surface area contributed by atoms with Crippen LogP contribution in [-0.2, 0) is 38.2 Å². The number of amides is 6. The minimum atomic E-state index is -5.02. The number of carbonyl (C=O) groups is 6. The number of carbonyl (C=O) groups excluding carboxylic acids is 6. The van der Waals surface area contributed by atoms with Crippen LogP contribution in [0.2, 0.25) is 0 Å². The van der Waals surface area contributed by atoms with E-state index in [1.807, 2.05) is 6.07 Å². The first-order valence-corrected chi connectivity index (χ1v) is 25.8. The van der Waals surface area contributed by atoms with E-state index >= 15 is 4.39 Å². The number of primary amides is 1. The highest BCUT2D eigenvalue weighted by Gasteiger charge is 2.66. The molecule has 2 aliphatic heterocycles. The maximum atomic E-state index is 15.1. The van der Waals surface area contributed by atoms with Gasteiger partial charge in [-0.15, -0.1) is 0 Å². The van der Waals surface area contributed by atoms with Gasteiger partial charge in [-0.2, -0.15) is 17.6 Å². The van der Waals surface area contributed by atoms with Gasteiger partial charge in [0.1, 0.15) is 11.8 Å². The zero-order valence-corrected chi connectivity index (χ0v) is 43.0. The molecule has 76 heavy (non-hydrogen) atoms. The van der Waals surface area contributed by atoms with E-state index in [9.17, 15) is 46.3 Å². The molecule has 23 heteroatoms. The Bertz CT molecular complexity index is 2550. The van der Waals surface area contributed by atoms with Crippen molar-refractivity contribution in [3.63, 3.8) is 0 Å². The second-order valence-electron chi connectivity index (χ2n) is 20.2. The molecule has 0 radical (unpaired) electrons. The average Bonchev–Trinajstić information content (AvgIpc) is 3.94. The molecule has 4 heterocycles. The van der Waals surface area contributed by atoms with Gasteiger partial charge in [-0.25, -0.2) is 4.39 Å². The van der Waals surface area contributed by atoms with Crippen LogP contribution in [0.15, 0.2) is 55.0 Å². The summed E-state index contributed by atoms with van der Waals surface area (Å²) in [6, 6.07) is 7.40. The Labute approximate surface area is 437 Å². The lowest BCUT2D eigenvalue weighted by Crippen LogP contribution is -2.49. The summed E-state index contributed by atoms with van der Waals surface area (Å²) in [5.41, 5.74) is 2.84. The van der Waals surface area contributed by atoms with Gasteiger partial charge < -0.3 is 50.4 Å². The first-order chi connectivity index (χ1) is 36.2. The molecule has 3 aromatic rings. The number of rotatable bonds is 21. The van der Waals surface area contributed by atoms with E-state index in [-0.39, 0.29) is 90.8 Å². The number of halogens is 5. The molecule has 0 spiro atoms.